The number of carbonyl (C=O) groups excluding carboxylic acids is 1. The number of rotatable bonds is 5. The van der Waals surface area contributed by atoms with Crippen LogP contribution in [0.5, 0.6) is 0 Å². The maximum atomic E-state index is 12.6. The number of carbonyl (C=O) groups is 2. The first kappa shape index (κ1) is 18.3. The molecule has 0 aliphatic carbocycles. The quantitative estimate of drug-likeness (QED) is 0.595. The van der Waals surface area contributed by atoms with E-state index < -0.39 is 17.9 Å². The zero-order valence-electron chi connectivity index (χ0n) is 12.1. The number of amides is 1. The van der Waals surface area contributed by atoms with Gasteiger partial charge >= 0.3 is 5.97 Å². The Morgan fingerprint density at radius 2 is 2.04 bits per heavy atom. The van der Waals surface area contributed by atoms with Gasteiger partial charge in [-0.25, -0.2) is 4.79 Å². The van der Waals surface area contributed by atoms with Gasteiger partial charge in [-0.1, -0.05) is 66.6 Å². The van der Waals surface area contributed by atoms with Crippen molar-refractivity contribution in [1.82, 2.24) is 4.90 Å². The largest absolute Gasteiger partial charge is 0.480 e. The van der Waals surface area contributed by atoms with Gasteiger partial charge in [0.1, 0.15) is 10.4 Å². The molecule has 1 fully saturated rings. The van der Waals surface area contributed by atoms with E-state index in [1.54, 1.807) is 24.3 Å². The van der Waals surface area contributed by atoms with Crippen molar-refractivity contribution >= 4 is 69.5 Å². The third kappa shape index (κ3) is 3.88. The topological polar surface area (TPSA) is 57.6 Å². The Labute approximate surface area is 153 Å². The maximum Gasteiger partial charge on any atom is 0.326 e. The van der Waals surface area contributed by atoms with Gasteiger partial charge in [0.2, 0.25) is 0 Å². The van der Waals surface area contributed by atoms with Crippen molar-refractivity contribution in [2.45, 2.75) is 25.8 Å². The zero-order valence-corrected chi connectivity index (χ0v) is 15.2. The van der Waals surface area contributed by atoms with Gasteiger partial charge in [0.15, 0.2) is 0 Å². The summed E-state index contributed by atoms with van der Waals surface area (Å²) in [4.78, 5) is 25.4. The molecule has 1 aromatic carbocycles. The van der Waals surface area contributed by atoms with Crippen molar-refractivity contribution in [2.24, 2.45) is 0 Å². The third-order valence-electron chi connectivity index (χ3n) is 3.26. The lowest BCUT2D eigenvalue weighted by molar-refractivity contribution is -0.145. The second kappa shape index (κ2) is 7.66. The molecule has 23 heavy (non-hydrogen) atoms. The van der Waals surface area contributed by atoms with Crippen LogP contribution in [0.2, 0.25) is 10.0 Å². The molecule has 4 nitrogen and oxygen atoms in total. The Morgan fingerprint density at radius 1 is 1.43 bits per heavy atom. The summed E-state index contributed by atoms with van der Waals surface area (Å²) in [6.07, 6.45) is 2.51. The highest BCUT2D eigenvalue weighted by molar-refractivity contribution is 8.26. The summed E-state index contributed by atoms with van der Waals surface area (Å²) in [5.41, 5.74) is 0.513. The molecule has 1 aromatic rings. The van der Waals surface area contributed by atoms with Crippen molar-refractivity contribution in [3.63, 3.8) is 0 Å². The lowest BCUT2D eigenvalue weighted by Crippen LogP contribution is -2.43. The predicted molar refractivity (Wildman–Crippen MR) is 97.8 cm³/mol. The summed E-state index contributed by atoms with van der Waals surface area (Å²) in [5.74, 6) is -1.50. The fourth-order valence-electron chi connectivity index (χ4n) is 2.16. The van der Waals surface area contributed by atoms with Crippen LogP contribution >= 0.6 is 47.2 Å². The Kier molecular flexibility index (Phi) is 6.08. The van der Waals surface area contributed by atoms with E-state index in [1.165, 1.54) is 0 Å². The van der Waals surface area contributed by atoms with Crippen molar-refractivity contribution < 1.29 is 14.7 Å². The van der Waals surface area contributed by atoms with Crippen molar-refractivity contribution in [3.8, 4) is 0 Å². The Bertz CT molecular complexity index is 686. The van der Waals surface area contributed by atoms with Crippen LogP contribution < -0.4 is 0 Å². The van der Waals surface area contributed by atoms with Gasteiger partial charge < -0.3 is 5.11 Å². The Hall–Kier alpha value is -1.08. The van der Waals surface area contributed by atoms with E-state index in [4.69, 9.17) is 35.4 Å². The van der Waals surface area contributed by atoms with Crippen LogP contribution in [-0.2, 0) is 9.59 Å². The fraction of sp³-hybridized carbons (Fsp3) is 0.267. The van der Waals surface area contributed by atoms with Gasteiger partial charge in [-0.15, -0.1) is 0 Å². The molecule has 1 heterocycles. The van der Waals surface area contributed by atoms with Gasteiger partial charge in [0.25, 0.3) is 5.91 Å². The minimum absolute atomic E-state index is 0.227. The summed E-state index contributed by atoms with van der Waals surface area (Å²) < 4.78 is 0.227. The summed E-state index contributed by atoms with van der Waals surface area (Å²) in [7, 11) is 0. The first-order valence-corrected chi connectivity index (χ1v) is 8.78. The number of benzene rings is 1. The average molecular weight is 390 g/mol. The fourth-order valence-corrected chi connectivity index (χ4v) is 4.01. The molecule has 8 heteroatoms. The number of hydrogen-bond donors (Lipinski definition) is 1. The van der Waals surface area contributed by atoms with E-state index in [1.807, 2.05) is 6.92 Å². The second-order valence-electron chi connectivity index (χ2n) is 4.83. The summed E-state index contributed by atoms with van der Waals surface area (Å²) >= 11 is 18.4. The van der Waals surface area contributed by atoms with Crippen LogP contribution in [0.3, 0.4) is 0 Å². The number of thiocarbonyl (C=S) groups is 1. The lowest BCUT2D eigenvalue weighted by Gasteiger charge is -2.22. The number of thioether (sulfide) groups is 1. The zero-order chi connectivity index (χ0) is 17.1. The highest BCUT2D eigenvalue weighted by Gasteiger charge is 2.40. The highest BCUT2D eigenvalue weighted by atomic mass is 35.5. The van der Waals surface area contributed by atoms with Gasteiger partial charge in [-0.05, 0) is 24.6 Å². The molecule has 0 aromatic heterocycles. The molecule has 1 amide bonds. The number of nitrogens with zero attached hydrogens (tertiary/aromatic N) is 1. The van der Waals surface area contributed by atoms with Crippen molar-refractivity contribution in [2.75, 3.05) is 0 Å². The number of carboxylic acids is 1. The SMILES string of the molecule is CCC[C@@H](C(=O)O)N1C(=O)/C(=C/c2c(Cl)cccc2Cl)SC1=S. The van der Waals surface area contributed by atoms with Crippen molar-refractivity contribution in [1.29, 1.82) is 0 Å². The normalized spacial score (nSPS) is 17.9. The molecule has 0 unspecified atom stereocenters. The first-order chi connectivity index (χ1) is 10.9. The molecule has 1 N–H and O–H groups in total. The van der Waals surface area contributed by atoms with E-state index in [2.05, 4.69) is 0 Å². The number of halogens is 2. The molecule has 1 atom stereocenters. The first-order valence-electron chi connectivity index (χ1n) is 6.80. The van der Waals surface area contributed by atoms with Crippen LogP contribution in [0, 0.1) is 0 Å². The molecule has 0 spiro atoms. The lowest BCUT2D eigenvalue weighted by atomic mass is 10.1. The van der Waals surface area contributed by atoms with Crippen LogP contribution in [0.4, 0.5) is 0 Å². The highest BCUT2D eigenvalue weighted by Crippen LogP contribution is 2.37. The van der Waals surface area contributed by atoms with Crippen molar-refractivity contribution in [3.05, 3.63) is 38.7 Å². The Balaban J connectivity index is 2.38. The molecule has 0 radical (unpaired) electrons. The maximum absolute atomic E-state index is 12.6. The van der Waals surface area contributed by atoms with Crippen LogP contribution in [0.15, 0.2) is 23.1 Å². The summed E-state index contributed by atoms with van der Waals surface area (Å²) in [5, 5.41) is 10.2. The van der Waals surface area contributed by atoms with Gasteiger partial charge in [-0.3, -0.25) is 9.69 Å². The molecule has 1 aliphatic rings. The van der Waals surface area contributed by atoms with E-state index in [0.29, 0.717) is 33.4 Å². The average Bonchev–Trinajstić information content (AvgIpc) is 2.75. The van der Waals surface area contributed by atoms with E-state index in [-0.39, 0.29) is 4.32 Å². The molecule has 1 saturated heterocycles. The number of carboxylic acid groups (broad SMARTS) is 1. The summed E-state index contributed by atoms with van der Waals surface area (Å²) in [6.45, 7) is 1.85. The van der Waals surface area contributed by atoms with Gasteiger partial charge in [0.05, 0.1) is 4.91 Å². The smallest absolute Gasteiger partial charge is 0.326 e. The predicted octanol–water partition coefficient (Wildman–Crippen LogP) is 4.45. The van der Waals surface area contributed by atoms with Crippen LogP contribution in [0.25, 0.3) is 6.08 Å². The summed E-state index contributed by atoms with van der Waals surface area (Å²) in [6, 6.07) is 4.07. The molecule has 2 rings (SSSR count). The van der Waals surface area contributed by atoms with E-state index in [9.17, 15) is 14.7 Å². The molecule has 0 bridgehead atoms. The Morgan fingerprint density at radius 3 is 2.57 bits per heavy atom. The minimum atomic E-state index is -1.07. The van der Waals surface area contributed by atoms with Gasteiger partial charge in [0, 0.05) is 15.6 Å². The van der Waals surface area contributed by atoms with E-state index in [0.717, 1.165) is 16.7 Å². The molecule has 0 saturated carbocycles. The minimum Gasteiger partial charge on any atom is -0.480 e. The molecule has 122 valence electrons. The van der Waals surface area contributed by atoms with Gasteiger partial charge in [-0.2, -0.15) is 0 Å². The number of hydrogen-bond acceptors (Lipinski definition) is 4. The standard InChI is InChI=1S/C15H13Cl2NO3S2/c1-2-4-11(14(20)21)18-13(19)12(23-15(18)22)7-8-9(16)5-3-6-10(8)17/h3,5-7,11H,2,4H2,1H3,(H,20,21)/b12-7-/t11-/m0/s1. The third-order valence-corrected chi connectivity index (χ3v) is 5.25. The molecule has 1 aliphatic heterocycles. The number of aliphatic carboxylic acids is 1. The van der Waals surface area contributed by atoms with Crippen LogP contribution in [0.1, 0.15) is 25.3 Å². The molecular weight excluding hydrogens is 377 g/mol. The monoisotopic (exact) mass is 389 g/mol. The van der Waals surface area contributed by atoms with E-state index >= 15 is 0 Å². The molecular formula is C15H13Cl2NO3S2. The second-order valence-corrected chi connectivity index (χ2v) is 7.32. The van der Waals surface area contributed by atoms with Crippen LogP contribution in [-0.4, -0.2) is 32.2 Å².